The highest BCUT2D eigenvalue weighted by Crippen LogP contribution is 2.19. The van der Waals surface area contributed by atoms with Gasteiger partial charge in [0.1, 0.15) is 0 Å². The zero-order chi connectivity index (χ0) is 59.9. The molecule has 0 bridgehead atoms. The van der Waals surface area contributed by atoms with Gasteiger partial charge in [-0.15, -0.1) is 0 Å². The predicted octanol–water partition coefficient (Wildman–Crippen LogP) is 24.9. The van der Waals surface area contributed by atoms with Crippen molar-refractivity contribution in [2.45, 2.75) is 443 Å². The monoisotopic (exact) mass is 1170 g/mol. The number of rotatable bonds is 72. The highest BCUT2D eigenvalue weighted by atomic mass is 16.5. The van der Waals surface area contributed by atoms with Gasteiger partial charge in [-0.3, -0.25) is 9.59 Å². The minimum atomic E-state index is -0.848. The molecule has 0 radical (unpaired) electrons. The summed E-state index contributed by atoms with van der Waals surface area (Å²) in [6, 6.07) is -0.632. The molecule has 6 nitrogen and oxygen atoms in total. The molecular formula is C77H149NO5. The van der Waals surface area contributed by atoms with Crippen molar-refractivity contribution in [2.75, 3.05) is 13.2 Å². The lowest BCUT2D eigenvalue weighted by Gasteiger charge is -2.20. The third-order valence-electron chi connectivity index (χ3n) is 18.0. The Morgan fingerprint density at radius 1 is 0.325 bits per heavy atom. The Morgan fingerprint density at radius 2 is 0.566 bits per heavy atom. The number of unbranched alkanes of at least 4 members (excludes halogenated alkanes) is 59. The minimum absolute atomic E-state index is 0.0176. The first-order valence-electron chi connectivity index (χ1n) is 38.1. The van der Waals surface area contributed by atoms with Crippen molar-refractivity contribution >= 4 is 11.9 Å². The standard InChI is InChI=1S/C77H149NO5/c1-3-5-7-9-11-13-15-17-19-21-22-23-24-26-29-32-35-38-41-45-49-53-57-61-65-69-75(80)74(73-79)78-76(81)70-66-62-58-54-50-46-42-39-36-33-30-27-25-28-31-34-37-40-44-48-52-56-60-64-68-72-83-77(82)71-67-63-59-55-51-47-43-20-18-16-14-12-10-8-6-4-2/h27,30,65,69,74-75,79-80H,3-26,28-29,31-64,66-68,70-73H2,1-2H3,(H,78,81)/b30-27-,69-65+. The summed E-state index contributed by atoms with van der Waals surface area (Å²) in [5.74, 6) is -0.0484. The smallest absolute Gasteiger partial charge is 0.305 e. The van der Waals surface area contributed by atoms with Crippen LogP contribution < -0.4 is 5.32 Å². The first kappa shape index (κ1) is 81.3. The van der Waals surface area contributed by atoms with Gasteiger partial charge in [-0.05, 0) is 57.8 Å². The van der Waals surface area contributed by atoms with E-state index < -0.39 is 12.1 Å². The van der Waals surface area contributed by atoms with Crippen molar-refractivity contribution < 1.29 is 24.5 Å². The average Bonchev–Trinajstić information content (AvgIpc) is 3.49. The van der Waals surface area contributed by atoms with Crippen LogP contribution in [-0.2, 0) is 14.3 Å². The zero-order valence-electron chi connectivity index (χ0n) is 56.5. The van der Waals surface area contributed by atoms with Crippen LogP contribution in [0.2, 0.25) is 0 Å². The Labute approximate surface area is 520 Å². The number of carbonyl (C=O) groups is 2. The van der Waals surface area contributed by atoms with Crippen LogP contribution in [0.5, 0.6) is 0 Å². The normalized spacial score (nSPS) is 12.6. The van der Waals surface area contributed by atoms with Gasteiger partial charge in [-0.1, -0.05) is 385 Å². The maximum atomic E-state index is 12.5. The summed E-state index contributed by atoms with van der Waals surface area (Å²) in [5, 5.41) is 23.3. The molecule has 1 amide bonds. The maximum absolute atomic E-state index is 12.5. The van der Waals surface area contributed by atoms with Crippen LogP contribution in [-0.4, -0.2) is 47.4 Å². The molecular weight excluding hydrogens is 1020 g/mol. The van der Waals surface area contributed by atoms with E-state index in [4.69, 9.17) is 4.74 Å². The summed E-state index contributed by atoms with van der Waals surface area (Å²) in [4.78, 5) is 24.6. The van der Waals surface area contributed by atoms with E-state index in [1.54, 1.807) is 6.08 Å². The summed E-state index contributed by atoms with van der Waals surface area (Å²) in [7, 11) is 0. The van der Waals surface area contributed by atoms with Crippen LogP contribution in [0.15, 0.2) is 24.3 Å². The zero-order valence-corrected chi connectivity index (χ0v) is 56.5. The molecule has 0 spiro atoms. The van der Waals surface area contributed by atoms with Crippen molar-refractivity contribution in [3.05, 3.63) is 24.3 Å². The van der Waals surface area contributed by atoms with Gasteiger partial charge in [0.15, 0.2) is 0 Å². The van der Waals surface area contributed by atoms with Crippen LogP contribution in [0.1, 0.15) is 431 Å². The van der Waals surface area contributed by atoms with Crippen LogP contribution >= 0.6 is 0 Å². The van der Waals surface area contributed by atoms with E-state index in [9.17, 15) is 19.8 Å². The fourth-order valence-corrected chi connectivity index (χ4v) is 12.2. The summed E-state index contributed by atoms with van der Waals surface area (Å²) < 4.78 is 5.50. The quantitative estimate of drug-likeness (QED) is 0.0320. The molecule has 3 N–H and O–H groups in total. The number of nitrogens with one attached hydrogen (secondary N) is 1. The first-order chi connectivity index (χ1) is 41.0. The maximum Gasteiger partial charge on any atom is 0.305 e. The summed E-state index contributed by atoms with van der Waals surface area (Å²) in [6.45, 7) is 4.95. The Bertz CT molecular complexity index is 1300. The molecule has 0 aromatic heterocycles. The summed E-state index contributed by atoms with van der Waals surface area (Å²) in [6.07, 6.45) is 92.8. The minimum Gasteiger partial charge on any atom is -0.466 e. The van der Waals surface area contributed by atoms with Gasteiger partial charge in [0.05, 0.1) is 25.4 Å². The third kappa shape index (κ3) is 69.3. The van der Waals surface area contributed by atoms with E-state index in [0.717, 1.165) is 38.5 Å². The van der Waals surface area contributed by atoms with Crippen molar-refractivity contribution in [3.63, 3.8) is 0 Å². The lowest BCUT2D eigenvalue weighted by Crippen LogP contribution is -2.45. The number of carbonyl (C=O) groups excluding carboxylic acids is 2. The predicted molar refractivity (Wildman–Crippen MR) is 366 cm³/mol. The number of aliphatic hydroxyl groups excluding tert-OH is 2. The van der Waals surface area contributed by atoms with Gasteiger partial charge in [-0.25, -0.2) is 0 Å². The van der Waals surface area contributed by atoms with Crippen LogP contribution in [0.25, 0.3) is 0 Å². The molecule has 0 rings (SSSR count). The van der Waals surface area contributed by atoms with Gasteiger partial charge < -0.3 is 20.3 Å². The lowest BCUT2D eigenvalue weighted by molar-refractivity contribution is -0.143. The Balaban J connectivity index is 3.41. The van der Waals surface area contributed by atoms with E-state index in [2.05, 4.69) is 31.3 Å². The number of ether oxygens (including phenoxy) is 1. The second-order valence-electron chi connectivity index (χ2n) is 26.3. The Kier molecular flexibility index (Phi) is 71.4. The van der Waals surface area contributed by atoms with E-state index in [1.165, 1.54) is 366 Å². The van der Waals surface area contributed by atoms with Crippen molar-refractivity contribution in [1.29, 1.82) is 0 Å². The molecule has 0 fully saturated rings. The summed E-state index contributed by atoms with van der Waals surface area (Å²) >= 11 is 0. The molecule has 83 heavy (non-hydrogen) atoms. The molecule has 0 aliphatic heterocycles. The van der Waals surface area contributed by atoms with Gasteiger partial charge in [-0.2, -0.15) is 0 Å². The van der Waals surface area contributed by atoms with Crippen molar-refractivity contribution in [2.24, 2.45) is 0 Å². The van der Waals surface area contributed by atoms with Gasteiger partial charge in [0.25, 0.3) is 0 Å². The van der Waals surface area contributed by atoms with Crippen LogP contribution in [0.4, 0.5) is 0 Å². The number of allylic oxidation sites excluding steroid dienone is 3. The fraction of sp³-hybridized carbons (Fsp3) is 0.922. The highest BCUT2D eigenvalue weighted by Gasteiger charge is 2.18. The molecule has 0 aliphatic carbocycles. The van der Waals surface area contributed by atoms with Gasteiger partial charge >= 0.3 is 5.97 Å². The molecule has 6 heteroatoms. The highest BCUT2D eigenvalue weighted by molar-refractivity contribution is 5.76. The molecule has 0 heterocycles. The topological polar surface area (TPSA) is 95.9 Å². The molecule has 0 saturated carbocycles. The van der Waals surface area contributed by atoms with Gasteiger partial charge in [0, 0.05) is 12.8 Å². The van der Waals surface area contributed by atoms with Crippen molar-refractivity contribution in [3.8, 4) is 0 Å². The van der Waals surface area contributed by atoms with E-state index in [1.807, 2.05) is 6.08 Å². The lowest BCUT2D eigenvalue weighted by atomic mass is 10.0. The Morgan fingerprint density at radius 3 is 0.855 bits per heavy atom. The second kappa shape index (κ2) is 72.8. The average molecular weight is 1170 g/mol. The van der Waals surface area contributed by atoms with Crippen LogP contribution in [0, 0.1) is 0 Å². The fourth-order valence-electron chi connectivity index (χ4n) is 12.2. The summed E-state index contributed by atoms with van der Waals surface area (Å²) in [5.41, 5.74) is 0. The number of hydrogen-bond donors (Lipinski definition) is 3. The SMILES string of the molecule is CCCCCCCCCCCCCCCCCCCCCCCCC/C=C/C(O)C(CO)NC(=O)CCCCCCCCCCC/C=C\CCCCCCCCCCCCCCOC(=O)CCCCCCCCCCCCCCCCCC. The third-order valence-corrected chi connectivity index (χ3v) is 18.0. The van der Waals surface area contributed by atoms with Crippen molar-refractivity contribution in [1.82, 2.24) is 5.32 Å². The van der Waals surface area contributed by atoms with Crippen LogP contribution in [0.3, 0.4) is 0 Å². The number of amides is 1. The number of aliphatic hydroxyl groups is 2. The van der Waals surface area contributed by atoms with E-state index >= 15 is 0 Å². The largest absolute Gasteiger partial charge is 0.466 e. The molecule has 2 atom stereocenters. The van der Waals surface area contributed by atoms with Gasteiger partial charge in [0.2, 0.25) is 5.91 Å². The number of hydrogen-bond acceptors (Lipinski definition) is 5. The first-order valence-corrected chi connectivity index (χ1v) is 38.1. The molecule has 0 aliphatic rings. The molecule has 2 unspecified atom stereocenters. The molecule has 0 aromatic carbocycles. The second-order valence-corrected chi connectivity index (χ2v) is 26.3. The molecule has 492 valence electrons. The molecule has 0 aromatic rings. The Hall–Kier alpha value is -1.66. The number of esters is 1. The van der Waals surface area contributed by atoms with E-state index in [0.29, 0.717) is 19.4 Å². The molecule has 0 saturated heterocycles. The van der Waals surface area contributed by atoms with E-state index in [-0.39, 0.29) is 18.5 Å².